The second-order valence-corrected chi connectivity index (χ2v) is 14.5. The normalized spacial score (nSPS) is 55.3. The molecular formula is C30H48O3. The predicted molar refractivity (Wildman–Crippen MR) is 133 cm³/mol. The van der Waals surface area contributed by atoms with E-state index >= 15 is 0 Å². The SMILES string of the molecule is CC1C2C3=CC[C@@H]4[C@@]5(C)CCC(O)C(C)(C)[C@@H]5CC[C@@]4(C)[C@]3(C)CC[C@@]2(C(=O)O)CC[C@H]1C. The maximum atomic E-state index is 12.8. The van der Waals surface area contributed by atoms with Gasteiger partial charge in [0.2, 0.25) is 0 Å². The van der Waals surface area contributed by atoms with Crippen molar-refractivity contribution in [3.8, 4) is 0 Å². The molecule has 5 aliphatic carbocycles. The fourth-order valence-corrected chi connectivity index (χ4v) is 10.8. The lowest BCUT2D eigenvalue weighted by molar-refractivity contribution is -0.206. The molecule has 0 heterocycles. The Bertz CT molecular complexity index is 874. The Kier molecular flexibility index (Phi) is 5.15. The summed E-state index contributed by atoms with van der Waals surface area (Å²) in [7, 11) is 0. The molecule has 33 heavy (non-hydrogen) atoms. The van der Waals surface area contributed by atoms with Crippen LogP contribution in [0.3, 0.4) is 0 Å². The number of aliphatic hydroxyl groups is 1. The van der Waals surface area contributed by atoms with Crippen LogP contribution in [0.15, 0.2) is 11.6 Å². The lowest BCUT2D eigenvalue weighted by Gasteiger charge is -2.71. The Labute approximate surface area is 201 Å². The first-order chi connectivity index (χ1) is 15.3. The van der Waals surface area contributed by atoms with Crippen LogP contribution in [-0.4, -0.2) is 22.3 Å². The molecule has 3 unspecified atom stereocenters. The van der Waals surface area contributed by atoms with Crippen molar-refractivity contribution in [1.82, 2.24) is 0 Å². The van der Waals surface area contributed by atoms with E-state index < -0.39 is 11.4 Å². The molecule has 0 aromatic rings. The van der Waals surface area contributed by atoms with Gasteiger partial charge in [0.05, 0.1) is 11.5 Å². The monoisotopic (exact) mass is 456 g/mol. The highest BCUT2D eigenvalue weighted by molar-refractivity contribution is 5.76. The summed E-state index contributed by atoms with van der Waals surface area (Å²) in [6.45, 7) is 17.0. The molecule has 10 atom stereocenters. The largest absolute Gasteiger partial charge is 0.481 e. The van der Waals surface area contributed by atoms with Crippen LogP contribution in [0.4, 0.5) is 0 Å². The van der Waals surface area contributed by atoms with Crippen molar-refractivity contribution in [2.24, 2.45) is 56.7 Å². The Morgan fingerprint density at radius 3 is 2.27 bits per heavy atom. The fourth-order valence-electron chi connectivity index (χ4n) is 10.8. The molecule has 4 fully saturated rings. The average Bonchev–Trinajstić information content (AvgIpc) is 2.74. The number of hydrogen-bond donors (Lipinski definition) is 2. The van der Waals surface area contributed by atoms with Crippen molar-refractivity contribution in [3.05, 3.63) is 11.6 Å². The van der Waals surface area contributed by atoms with E-state index in [1.165, 1.54) is 18.4 Å². The van der Waals surface area contributed by atoms with Gasteiger partial charge in [-0.3, -0.25) is 4.79 Å². The molecule has 0 amide bonds. The number of allylic oxidation sites excluding steroid dienone is 2. The van der Waals surface area contributed by atoms with Crippen LogP contribution in [0, 0.1) is 56.7 Å². The zero-order valence-electron chi connectivity index (χ0n) is 22.2. The Balaban J connectivity index is 1.61. The minimum atomic E-state index is -0.557. The first-order valence-corrected chi connectivity index (χ1v) is 13.9. The van der Waals surface area contributed by atoms with Gasteiger partial charge in [0, 0.05) is 0 Å². The maximum absolute atomic E-state index is 12.8. The smallest absolute Gasteiger partial charge is 0.310 e. The van der Waals surface area contributed by atoms with E-state index in [2.05, 4.69) is 54.5 Å². The van der Waals surface area contributed by atoms with Crippen LogP contribution in [0.25, 0.3) is 0 Å². The van der Waals surface area contributed by atoms with Crippen molar-refractivity contribution in [3.63, 3.8) is 0 Å². The number of carboxylic acid groups (broad SMARTS) is 1. The number of aliphatic hydroxyl groups excluding tert-OH is 1. The molecule has 0 aromatic heterocycles. The van der Waals surface area contributed by atoms with Crippen LogP contribution in [0.1, 0.15) is 106 Å². The van der Waals surface area contributed by atoms with Gasteiger partial charge in [-0.05, 0) is 109 Å². The van der Waals surface area contributed by atoms with Gasteiger partial charge in [-0.25, -0.2) is 0 Å². The summed E-state index contributed by atoms with van der Waals surface area (Å²) in [4.78, 5) is 12.8. The number of carboxylic acids is 1. The summed E-state index contributed by atoms with van der Waals surface area (Å²) in [6.07, 6.45) is 11.6. The lowest BCUT2D eigenvalue weighted by Crippen LogP contribution is -2.65. The van der Waals surface area contributed by atoms with Gasteiger partial charge >= 0.3 is 5.97 Å². The van der Waals surface area contributed by atoms with Crippen molar-refractivity contribution in [1.29, 1.82) is 0 Å². The van der Waals surface area contributed by atoms with Gasteiger partial charge in [0.1, 0.15) is 0 Å². The fraction of sp³-hybridized carbons (Fsp3) is 0.900. The third-order valence-corrected chi connectivity index (χ3v) is 13.4. The molecule has 0 radical (unpaired) electrons. The van der Waals surface area contributed by atoms with Crippen LogP contribution in [0.5, 0.6) is 0 Å². The van der Waals surface area contributed by atoms with E-state index in [9.17, 15) is 15.0 Å². The summed E-state index contributed by atoms with van der Waals surface area (Å²) in [5, 5.41) is 21.4. The molecule has 4 saturated carbocycles. The van der Waals surface area contributed by atoms with Crippen LogP contribution < -0.4 is 0 Å². The zero-order chi connectivity index (χ0) is 24.2. The number of fused-ring (bicyclic) bond motifs is 7. The number of rotatable bonds is 1. The second-order valence-electron chi connectivity index (χ2n) is 14.5. The zero-order valence-corrected chi connectivity index (χ0v) is 22.2. The minimum Gasteiger partial charge on any atom is -0.481 e. The first-order valence-electron chi connectivity index (χ1n) is 13.9. The summed E-state index contributed by atoms with van der Waals surface area (Å²) in [5.74, 6) is 1.82. The van der Waals surface area contributed by atoms with Gasteiger partial charge in [-0.2, -0.15) is 0 Å². The maximum Gasteiger partial charge on any atom is 0.310 e. The molecule has 3 heteroatoms. The van der Waals surface area contributed by atoms with Gasteiger partial charge < -0.3 is 10.2 Å². The third-order valence-electron chi connectivity index (χ3n) is 13.4. The van der Waals surface area contributed by atoms with Gasteiger partial charge in [0.25, 0.3) is 0 Å². The highest BCUT2D eigenvalue weighted by Crippen LogP contribution is 2.75. The molecule has 5 rings (SSSR count). The molecule has 0 aromatic carbocycles. The van der Waals surface area contributed by atoms with E-state index in [4.69, 9.17) is 0 Å². The number of hydrogen-bond acceptors (Lipinski definition) is 2. The van der Waals surface area contributed by atoms with Gasteiger partial charge in [-0.1, -0.05) is 60.1 Å². The summed E-state index contributed by atoms with van der Waals surface area (Å²) >= 11 is 0. The minimum absolute atomic E-state index is 0.0302. The molecule has 0 spiro atoms. The van der Waals surface area contributed by atoms with Gasteiger partial charge in [-0.15, -0.1) is 0 Å². The highest BCUT2D eigenvalue weighted by atomic mass is 16.4. The standard InChI is InChI=1S/C30H48O3/c1-18-10-15-30(25(32)33)17-16-28(6)20(24(30)19(18)2)8-9-22-27(5)13-12-23(31)26(3,4)21(27)11-14-29(22,28)7/h8,18-19,21-24,31H,9-17H2,1-7H3,(H,32,33)/t18-,19?,21+,22-,23?,24?,27+,28-,29-,30+/m1/s1. The first kappa shape index (κ1) is 23.9. The topological polar surface area (TPSA) is 57.5 Å². The molecule has 0 aliphatic heterocycles. The molecule has 5 aliphatic rings. The van der Waals surface area contributed by atoms with E-state index in [0.29, 0.717) is 23.7 Å². The molecule has 0 saturated heterocycles. The average molecular weight is 457 g/mol. The molecular weight excluding hydrogens is 408 g/mol. The quantitative estimate of drug-likeness (QED) is 0.414. The lowest BCUT2D eigenvalue weighted by atomic mass is 9.33. The van der Waals surface area contributed by atoms with Crippen molar-refractivity contribution < 1.29 is 15.0 Å². The van der Waals surface area contributed by atoms with Crippen molar-refractivity contribution in [2.45, 2.75) is 112 Å². The van der Waals surface area contributed by atoms with Crippen LogP contribution in [0.2, 0.25) is 0 Å². The summed E-state index contributed by atoms with van der Waals surface area (Å²) in [5.41, 5.74) is 1.46. The number of carbonyl (C=O) groups is 1. The van der Waals surface area contributed by atoms with E-state index in [1.807, 2.05) is 0 Å². The Morgan fingerprint density at radius 1 is 0.909 bits per heavy atom. The third kappa shape index (κ3) is 2.75. The van der Waals surface area contributed by atoms with Gasteiger partial charge in [0.15, 0.2) is 0 Å². The van der Waals surface area contributed by atoms with Crippen LogP contribution in [-0.2, 0) is 4.79 Å². The highest BCUT2D eigenvalue weighted by Gasteiger charge is 2.69. The summed E-state index contributed by atoms with van der Waals surface area (Å²) < 4.78 is 0. The molecule has 3 nitrogen and oxygen atoms in total. The Hall–Kier alpha value is -0.830. The molecule has 2 N–H and O–H groups in total. The van der Waals surface area contributed by atoms with E-state index in [0.717, 1.165) is 44.9 Å². The van der Waals surface area contributed by atoms with E-state index in [-0.39, 0.29) is 33.7 Å². The van der Waals surface area contributed by atoms with Crippen molar-refractivity contribution >= 4 is 5.97 Å². The molecule has 0 bridgehead atoms. The van der Waals surface area contributed by atoms with E-state index in [1.54, 1.807) is 0 Å². The summed E-state index contributed by atoms with van der Waals surface area (Å²) in [6, 6.07) is 0. The number of aliphatic carboxylic acids is 1. The van der Waals surface area contributed by atoms with Crippen LogP contribution >= 0.6 is 0 Å². The second kappa shape index (κ2) is 7.11. The predicted octanol–water partition coefficient (Wildman–Crippen LogP) is 7.09. The Morgan fingerprint density at radius 2 is 1.61 bits per heavy atom. The molecule has 186 valence electrons. The van der Waals surface area contributed by atoms with Crippen molar-refractivity contribution in [2.75, 3.05) is 0 Å².